The zero-order valence-electron chi connectivity index (χ0n) is 38.1. The largest absolute Gasteiger partial charge is 0.432 e. The molecule has 0 amide bonds. The number of carbonyl (C=O) groups excluding carboxylic acids is 2. The second-order valence-electron chi connectivity index (χ2n) is 21.7. The zero-order chi connectivity index (χ0) is 47.3. The second-order valence-corrected chi connectivity index (χ2v) is 21.7. The third-order valence-electron chi connectivity index (χ3n) is 18.6. The minimum Gasteiger partial charge on any atom is -0.432 e. The van der Waals surface area contributed by atoms with Gasteiger partial charge in [-0.15, -0.1) is 0 Å². The zero-order valence-corrected chi connectivity index (χ0v) is 38.1. The molecule has 0 spiro atoms. The molecule has 0 bridgehead atoms. The quantitative estimate of drug-likeness (QED) is 0.0819. The summed E-state index contributed by atoms with van der Waals surface area (Å²) in [5, 5.41) is 107. The molecular formula is C47H72O18. The van der Waals surface area contributed by atoms with E-state index >= 15 is 0 Å². The topological polar surface area (TPSA) is 292 Å². The number of aliphatic hydroxyl groups excluding tert-OH is 10. The normalized spacial score (nSPS) is 54.5. The van der Waals surface area contributed by atoms with Crippen molar-refractivity contribution < 1.29 is 89.1 Å². The van der Waals surface area contributed by atoms with Crippen molar-refractivity contribution in [2.24, 2.45) is 44.8 Å². The van der Waals surface area contributed by atoms with Crippen LogP contribution in [-0.4, -0.2) is 175 Å². The van der Waals surface area contributed by atoms with Crippen LogP contribution in [0.5, 0.6) is 0 Å². The first-order valence-corrected chi connectivity index (χ1v) is 23.5. The van der Waals surface area contributed by atoms with Crippen LogP contribution in [0, 0.1) is 44.8 Å². The highest BCUT2D eigenvalue weighted by atomic mass is 16.8. The van der Waals surface area contributed by atoms with Crippen molar-refractivity contribution in [1.29, 1.82) is 0 Å². The lowest BCUT2D eigenvalue weighted by Crippen LogP contribution is -2.65. The van der Waals surface area contributed by atoms with Gasteiger partial charge in [0.05, 0.1) is 36.3 Å². The average molecular weight is 925 g/mol. The molecule has 7 fully saturated rings. The van der Waals surface area contributed by atoms with Gasteiger partial charge in [-0.05, 0) is 99.2 Å². The summed E-state index contributed by atoms with van der Waals surface area (Å²) in [6, 6.07) is 0. The number of hydrogen-bond donors (Lipinski definition) is 10. The van der Waals surface area contributed by atoms with Crippen molar-refractivity contribution >= 4 is 12.3 Å². The van der Waals surface area contributed by atoms with Crippen LogP contribution in [0.15, 0.2) is 23.8 Å². The monoisotopic (exact) mass is 924 g/mol. The van der Waals surface area contributed by atoms with E-state index in [0.717, 1.165) is 37.5 Å². The predicted octanol–water partition coefficient (Wildman–Crippen LogP) is -0.123. The molecule has 5 aliphatic carbocycles. The van der Waals surface area contributed by atoms with Gasteiger partial charge < -0.3 is 84.3 Å². The molecule has 0 aromatic carbocycles. The predicted molar refractivity (Wildman–Crippen MR) is 225 cm³/mol. The fraction of sp³-hybridized carbons (Fsp3) is 0.872. The van der Waals surface area contributed by atoms with Gasteiger partial charge in [0, 0.05) is 5.92 Å². The Labute approximate surface area is 379 Å². The lowest BCUT2D eigenvalue weighted by molar-refractivity contribution is -0.361. The molecule has 4 saturated carbocycles. The van der Waals surface area contributed by atoms with Crippen LogP contribution in [0.3, 0.4) is 0 Å². The van der Waals surface area contributed by atoms with Crippen LogP contribution in [0.25, 0.3) is 0 Å². The molecule has 0 aromatic heterocycles. The van der Waals surface area contributed by atoms with E-state index in [9.17, 15) is 60.7 Å². The van der Waals surface area contributed by atoms with Gasteiger partial charge in [0.25, 0.3) is 0 Å². The Bertz CT molecular complexity index is 1830. The summed E-state index contributed by atoms with van der Waals surface area (Å²) in [4.78, 5) is 27.4. The van der Waals surface area contributed by atoms with Gasteiger partial charge in [-0.25, -0.2) is 0 Å². The van der Waals surface area contributed by atoms with Gasteiger partial charge in [0.15, 0.2) is 12.6 Å². The molecule has 0 radical (unpaired) electrons. The lowest BCUT2D eigenvalue weighted by atomic mass is 9.34. The molecule has 3 aliphatic heterocycles. The first-order chi connectivity index (χ1) is 30.5. The molecule has 3 saturated heterocycles. The molecule has 0 aromatic rings. The number of rotatable bonds is 9. The number of allylic oxidation sites excluding steroid dienone is 3. The molecule has 3 heterocycles. The Morgan fingerprint density at radius 1 is 0.769 bits per heavy atom. The maximum absolute atomic E-state index is 14.8. The molecule has 24 atom stereocenters. The van der Waals surface area contributed by atoms with Gasteiger partial charge in [-0.1, -0.05) is 51.5 Å². The summed E-state index contributed by atoms with van der Waals surface area (Å²) in [6.45, 7) is 13.3. The molecule has 8 rings (SSSR count). The van der Waals surface area contributed by atoms with E-state index in [1.54, 1.807) is 0 Å². The smallest absolute Gasteiger partial charge is 0.315 e. The Morgan fingerprint density at radius 2 is 1.43 bits per heavy atom. The molecule has 10 N–H and O–H groups in total. The van der Waals surface area contributed by atoms with E-state index in [1.165, 1.54) is 12.5 Å². The number of carbonyl (C=O) groups is 2. The van der Waals surface area contributed by atoms with Gasteiger partial charge in [-0.2, -0.15) is 0 Å². The first-order valence-electron chi connectivity index (χ1n) is 23.5. The molecule has 18 heteroatoms. The minimum atomic E-state index is -1.86. The van der Waals surface area contributed by atoms with E-state index in [-0.39, 0.29) is 34.0 Å². The maximum Gasteiger partial charge on any atom is 0.315 e. The number of aldehydes is 1. The summed E-state index contributed by atoms with van der Waals surface area (Å²) in [7, 11) is 0. The van der Waals surface area contributed by atoms with Gasteiger partial charge >= 0.3 is 5.97 Å². The average Bonchev–Trinajstić information content (AvgIpc) is 3.28. The first kappa shape index (κ1) is 49.4. The minimum absolute atomic E-state index is 0.0385. The summed E-state index contributed by atoms with van der Waals surface area (Å²) < 4.78 is 34.6. The second kappa shape index (κ2) is 17.8. The number of esters is 1. The molecule has 65 heavy (non-hydrogen) atoms. The van der Waals surface area contributed by atoms with Crippen LogP contribution < -0.4 is 0 Å². The van der Waals surface area contributed by atoms with Crippen LogP contribution in [0.2, 0.25) is 0 Å². The summed E-state index contributed by atoms with van der Waals surface area (Å²) in [5.41, 5.74) is -0.278. The van der Waals surface area contributed by atoms with Crippen molar-refractivity contribution in [3.63, 3.8) is 0 Å². The lowest BCUT2D eigenvalue weighted by Gasteiger charge is -2.70. The van der Waals surface area contributed by atoms with Crippen molar-refractivity contribution in [2.75, 3.05) is 13.2 Å². The molecular weight excluding hydrogens is 852 g/mol. The number of fused-ring (bicyclic) bond motifs is 7. The Morgan fingerprint density at radius 3 is 2.12 bits per heavy atom. The molecule has 0 unspecified atom stereocenters. The highest BCUT2D eigenvalue weighted by Gasteiger charge is 2.70. The SMILES string of the molecule is C=C1CC[C@]2(C(=O)O[C@H]3O[C@@H](CO[C@H]4O[C@@H](CO)[C@H](O[C@H]5O[C@@H](C)[C@H](O)[C@@H](O)[C@@H]5O)[C@@H](O)[C@@H]4O)[C@H](O)[C@@H](O)[C@@H]3O)CC[C@@]3(C)C(=CC[C@H]4[C@]5(C)CC[C@@H](O)[C@](C)(C=O)[C@@H]5CC[C@]43C)[C@@H]2C1. The van der Waals surface area contributed by atoms with Crippen LogP contribution >= 0.6 is 0 Å². The number of ether oxygens (including phenoxy) is 6. The Balaban J connectivity index is 0.966. The highest BCUT2D eigenvalue weighted by molar-refractivity contribution is 5.79. The Hall–Kier alpha value is -1.98. The van der Waals surface area contributed by atoms with Crippen molar-refractivity contribution in [2.45, 2.75) is 197 Å². The maximum atomic E-state index is 14.8. The number of hydrogen-bond acceptors (Lipinski definition) is 18. The molecule has 18 nitrogen and oxygen atoms in total. The van der Waals surface area contributed by atoms with Crippen LogP contribution in [0.1, 0.15) is 98.8 Å². The summed E-state index contributed by atoms with van der Waals surface area (Å²) in [6.07, 6.45) is -15.1. The summed E-state index contributed by atoms with van der Waals surface area (Å²) in [5.74, 6) is -0.591. The van der Waals surface area contributed by atoms with Crippen molar-refractivity contribution in [1.82, 2.24) is 0 Å². The van der Waals surface area contributed by atoms with Gasteiger partial charge in [0.1, 0.15) is 73.4 Å². The van der Waals surface area contributed by atoms with Gasteiger partial charge in [-0.3, -0.25) is 4.79 Å². The molecule has 8 aliphatic rings. The van der Waals surface area contributed by atoms with Crippen LogP contribution in [-0.2, 0) is 38.0 Å². The fourth-order valence-corrected chi connectivity index (χ4v) is 14.3. The third-order valence-corrected chi connectivity index (χ3v) is 18.6. The summed E-state index contributed by atoms with van der Waals surface area (Å²) >= 11 is 0. The standard InChI is InChI=1S/C47H72O18/c1-21-9-14-47(16-15-45(5)23(24(47)17-21)7-8-28-43(3)12-11-29(50)44(4,20-49)27(43)10-13-46(28,45)6)42(59)65-41-36(57)33(54)31(52)26(63-41)19-60-39-37(58)34(55)38(25(18-48)62-39)64-40-35(56)32(53)30(51)22(2)61-40/h7,20,22,24-41,48,50-58H,1,8-19H2,2-6H3/t22-,24-,25-,26-,27+,28-,29+,30-,31-,32+,33+,34-,35-,36-,37-,38-,39-,40+,41+,43+,44+,45-,46+,47-/m0/s1. The fourth-order valence-electron chi connectivity index (χ4n) is 14.3. The van der Waals surface area contributed by atoms with Crippen molar-refractivity contribution in [3.05, 3.63) is 23.8 Å². The van der Waals surface area contributed by atoms with E-state index < -0.39 is 128 Å². The molecule has 368 valence electrons. The number of aliphatic hydroxyl groups is 10. The highest BCUT2D eigenvalue weighted by Crippen LogP contribution is 2.75. The van der Waals surface area contributed by atoms with Crippen LogP contribution in [0.4, 0.5) is 0 Å². The van der Waals surface area contributed by atoms with E-state index in [2.05, 4.69) is 33.4 Å². The third kappa shape index (κ3) is 7.64. The van der Waals surface area contributed by atoms with E-state index in [1.807, 2.05) is 6.92 Å². The van der Waals surface area contributed by atoms with E-state index in [4.69, 9.17) is 28.4 Å². The van der Waals surface area contributed by atoms with E-state index in [0.29, 0.717) is 38.5 Å². The Kier molecular flexibility index (Phi) is 13.5. The van der Waals surface area contributed by atoms with Crippen molar-refractivity contribution in [3.8, 4) is 0 Å². The van der Waals surface area contributed by atoms with Gasteiger partial charge in [0.2, 0.25) is 6.29 Å².